The molecule has 6 heteroatoms. The van der Waals surface area contributed by atoms with Crippen LogP contribution in [0.15, 0.2) is 84.2 Å². The molecule has 0 saturated carbocycles. The molecule has 43 heavy (non-hydrogen) atoms. The van der Waals surface area contributed by atoms with Crippen LogP contribution in [0.3, 0.4) is 0 Å². The van der Waals surface area contributed by atoms with Gasteiger partial charge >= 0.3 is 0 Å². The second kappa shape index (κ2) is 19.4. The van der Waals surface area contributed by atoms with Gasteiger partial charge in [0.05, 0.1) is 11.4 Å². The van der Waals surface area contributed by atoms with Crippen molar-refractivity contribution in [2.24, 2.45) is 0 Å². The minimum Gasteiger partial charge on any atom is -0.386 e. The molecular weight excluding hydrogens is 532 g/mol. The number of nitrogens with zero attached hydrogens (tertiary/aromatic N) is 2. The van der Waals surface area contributed by atoms with E-state index >= 15 is 0 Å². The second-order valence-corrected chi connectivity index (χ2v) is 12.0. The van der Waals surface area contributed by atoms with E-state index in [9.17, 15) is 9.90 Å². The molecular formula is C37H56N4O2. The average molecular weight is 589 g/mol. The first-order valence-corrected chi connectivity index (χ1v) is 16.6. The standard InChI is InChI=1S/C37H56N4O2/c1-4-40(30-32-20-12-10-13-21-32)26-18-8-6-16-24-38-34-29-37(3,43)36(28-35(34)42)39-25-17-7-9-19-27-41(5-2)31-33-22-14-11-15-23-33/h10-15,20-23,28-29,38-39,43H,4-9,16-19,24-27,30-31H2,1-3H3. The number of aliphatic hydroxyl groups is 1. The number of unbranched alkanes of at least 4 members (excludes halogenated alkanes) is 6. The highest BCUT2D eigenvalue weighted by atomic mass is 16.3. The summed E-state index contributed by atoms with van der Waals surface area (Å²) in [7, 11) is 0. The first kappa shape index (κ1) is 34.6. The smallest absolute Gasteiger partial charge is 0.203 e. The van der Waals surface area contributed by atoms with Crippen LogP contribution in [0, 0.1) is 0 Å². The summed E-state index contributed by atoms with van der Waals surface area (Å²) in [6.07, 6.45) is 12.2. The number of hydrogen-bond donors (Lipinski definition) is 3. The van der Waals surface area contributed by atoms with Crippen molar-refractivity contribution in [3.05, 3.63) is 95.3 Å². The number of ketones is 1. The van der Waals surface area contributed by atoms with Gasteiger partial charge in [-0.3, -0.25) is 14.6 Å². The summed E-state index contributed by atoms with van der Waals surface area (Å²) in [5.41, 5.74) is 2.67. The number of hydrogen-bond acceptors (Lipinski definition) is 6. The van der Waals surface area contributed by atoms with Gasteiger partial charge in [-0.05, 0) is 76.0 Å². The molecule has 236 valence electrons. The van der Waals surface area contributed by atoms with E-state index in [0.29, 0.717) is 11.4 Å². The van der Waals surface area contributed by atoms with Gasteiger partial charge in [0, 0.05) is 32.3 Å². The zero-order chi connectivity index (χ0) is 30.8. The van der Waals surface area contributed by atoms with Crippen LogP contribution in [0.25, 0.3) is 0 Å². The van der Waals surface area contributed by atoms with E-state index in [0.717, 1.165) is 78.0 Å². The van der Waals surface area contributed by atoms with Crippen molar-refractivity contribution in [3.8, 4) is 0 Å². The van der Waals surface area contributed by atoms with Crippen LogP contribution in [-0.2, 0) is 17.9 Å². The van der Waals surface area contributed by atoms with E-state index in [4.69, 9.17) is 0 Å². The first-order chi connectivity index (χ1) is 20.9. The lowest BCUT2D eigenvalue weighted by Gasteiger charge is -2.29. The minimum atomic E-state index is -1.17. The Bertz CT molecular complexity index is 1110. The van der Waals surface area contributed by atoms with E-state index in [2.05, 4.69) is 94.9 Å². The third-order valence-electron chi connectivity index (χ3n) is 8.34. The zero-order valence-corrected chi connectivity index (χ0v) is 27.0. The van der Waals surface area contributed by atoms with Crippen molar-refractivity contribution >= 4 is 5.78 Å². The third kappa shape index (κ3) is 13.1. The topological polar surface area (TPSA) is 67.8 Å². The number of carbonyl (C=O) groups is 1. The largest absolute Gasteiger partial charge is 0.386 e. The van der Waals surface area contributed by atoms with Gasteiger partial charge in [0.2, 0.25) is 5.78 Å². The van der Waals surface area contributed by atoms with Gasteiger partial charge in [-0.15, -0.1) is 0 Å². The molecule has 2 aromatic rings. The molecule has 0 bridgehead atoms. The molecule has 0 fully saturated rings. The van der Waals surface area contributed by atoms with Crippen LogP contribution < -0.4 is 10.6 Å². The molecule has 1 aliphatic carbocycles. The Morgan fingerprint density at radius 3 is 1.63 bits per heavy atom. The second-order valence-electron chi connectivity index (χ2n) is 12.0. The highest BCUT2D eigenvalue weighted by molar-refractivity contribution is 6.05. The average Bonchev–Trinajstić information content (AvgIpc) is 3.01. The van der Waals surface area contributed by atoms with Crippen molar-refractivity contribution in [3.63, 3.8) is 0 Å². The van der Waals surface area contributed by atoms with Crippen molar-refractivity contribution in [2.45, 2.75) is 90.8 Å². The summed E-state index contributed by atoms with van der Waals surface area (Å²) in [6.45, 7) is 14.1. The molecule has 1 unspecified atom stereocenters. The number of rotatable bonds is 22. The van der Waals surface area contributed by atoms with Crippen molar-refractivity contribution < 1.29 is 9.90 Å². The molecule has 2 aromatic carbocycles. The fourth-order valence-corrected chi connectivity index (χ4v) is 5.61. The van der Waals surface area contributed by atoms with Gasteiger partial charge in [0.15, 0.2) is 0 Å². The molecule has 3 N–H and O–H groups in total. The number of carbonyl (C=O) groups excluding carboxylic acids is 1. The summed E-state index contributed by atoms with van der Waals surface area (Å²) in [6, 6.07) is 21.3. The van der Waals surface area contributed by atoms with Crippen molar-refractivity contribution in [1.29, 1.82) is 0 Å². The molecule has 3 rings (SSSR count). The highest BCUT2D eigenvalue weighted by Gasteiger charge is 2.30. The lowest BCUT2D eigenvalue weighted by atomic mass is 9.93. The Hall–Kier alpha value is -2.93. The first-order valence-electron chi connectivity index (χ1n) is 16.6. The van der Waals surface area contributed by atoms with Gasteiger partial charge in [-0.2, -0.15) is 0 Å². The summed E-state index contributed by atoms with van der Waals surface area (Å²) < 4.78 is 0. The Kier molecular flexibility index (Phi) is 15.6. The van der Waals surface area contributed by atoms with Crippen molar-refractivity contribution in [1.82, 2.24) is 20.4 Å². The van der Waals surface area contributed by atoms with E-state index < -0.39 is 5.60 Å². The summed E-state index contributed by atoms with van der Waals surface area (Å²) in [4.78, 5) is 17.7. The molecule has 6 nitrogen and oxygen atoms in total. The quantitative estimate of drug-likeness (QED) is 0.138. The van der Waals surface area contributed by atoms with E-state index in [-0.39, 0.29) is 5.78 Å². The van der Waals surface area contributed by atoms with Gasteiger partial charge in [-0.1, -0.05) is 100 Å². The summed E-state index contributed by atoms with van der Waals surface area (Å²) in [5, 5.41) is 17.6. The van der Waals surface area contributed by atoms with E-state index in [1.54, 1.807) is 19.1 Å². The van der Waals surface area contributed by atoms with Gasteiger partial charge in [-0.25, -0.2) is 0 Å². The molecule has 1 aliphatic rings. The molecule has 0 spiro atoms. The van der Waals surface area contributed by atoms with E-state index in [1.807, 2.05) is 0 Å². The van der Waals surface area contributed by atoms with Crippen LogP contribution >= 0.6 is 0 Å². The predicted octanol–water partition coefficient (Wildman–Crippen LogP) is 6.43. The Morgan fingerprint density at radius 1 is 0.674 bits per heavy atom. The Balaban J connectivity index is 1.24. The maximum Gasteiger partial charge on any atom is 0.203 e. The maximum atomic E-state index is 12.7. The van der Waals surface area contributed by atoms with Gasteiger partial charge < -0.3 is 15.7 Å². The van der Waals surface area contributed by atoms with Crippen molar-refractivity contribution in [2.75, 3.05) is 39.3 Å². The van der Waals surface area contributed by atoms with E-state index in [1.165, 1.54) is 36.8 Å². The monoisotopic (exact) mass is 588 g/mol. The van der Waals surface area contributed by atoms with Gasteiger partial charge in [0.25, 0.3) is 0 Å². The zero-order valence-electron chi connectivity index (χ0n) is 27.0. The van der Waals surface area contributed by atoms with Crippen LogP contribution in [0.1, 0.15) is 83.3 Å². The van der Waals surface area contributed by atoms with Crippen LogP contribution in [-0.4, -0.2) is 65.6 Å². The molecule has 0 amide bonds. The lowest BCUT2D eigenvalue weighted by molar-refractivity contribution is -0.112. The van der Waals surface area contributed by atoms with Crippen LogP contribution in [0.2, 0.25) is 0 Å². The van der Waals surface area contributed by atoms with Crippen LogP contribution in [0.4, 0.5) is 0 Å². The SMILES string of the molecule is CCN(CCCCCCNC1=CC(C)(O)C(NCCCCCCN(CC)Cc2ccccc2)=CC1=O)Cc1ccccc1. The highest BCUT2D eigenvalue weighted by Crippen LogP contribution is 2.23. The lowest BCUT2D eigenvalue weighted by Crippen LogP contribution is -2.40. The number of benzene rings is 2. The third-order valence-corrected chi connectivity index (χ3v) is 8.34. The number of nitrogens with one attached hydrogen (secondary N) is 2. The molecule has 0 saturated heterocycles. The molecule has 0 aliphatic heterocycles. The fourth-order valence-electron chi connectivity index (χ4n) is 5.61. The van der Waals surface area contributed by atoms with Crippen LogP contribution in [0.5, 0.6) is 0 Å². The summed E-state index contributed by atoms with van der Waals surface area (Å²) >= 11 is 0. The predicted molar refractivity (Wildman–Crippen MR) is 180 cm³/mol. The molecule has 1 atom stereocenters. The molecule has 0 radical (unpaired) electrons. The minimum absolute atomic E-state index is 0.0633. The van der Waals surface area contributed by atoms with Gasteiger partial charge in [0.1, 0.15) is 5.60 Å². The Labute approximate surface area is 261 Å². The normalized spacial score (nSPS) is 16.8. The number of allylic oxidation sites excluding steroid dienone is 1. The Morgan fingerprint density at radius 2 is 1.14 bits per heavy atom. The molecule has 0 aromatic heterocycles. The molecule has 0 heterocycles. The maximum absolute atomic E-state index is 12.7. The fraction of sp³-hybridized carbons (Fsp3) is 0.541. The summed E-state index contributed by atoms with van der Waals surface area (Å²) in [5.74, 6) is -0.0633.